The van der Waals surface area contributed by atoms with Crippen LogP contribution < -0.4 is 5.32 Å². The van der Waals surface area contributed by atoms with Crippen LogP contribution in [0.5, 0.6) is 0 Å². The molecule has 19 heavy (non-hydrogen) atoms. The molecule has 6 nitrogen and oxygen atoms in total. The lowest BCUT2D eigenvalue weighted by Gasteiger charge is -2.46. The van der Waals surface area contributed by atoms with Crippen LogP contribution in [0.15, 0.2) is 0 Å². The SMILES string of the molecule is CN(C)CCNC1(C#N)CN(C(=O)OC(C)(C)C)C1. The highest BCUT2D eigenvalue weighted by Gasteiger charge is 2.46. The predicted molar refractivity (Wildman–Crippen MR) is 72.7 cm³/mol. The van der Waals surface area contributed by atoms with Gasteiger partial charge < -0.3 is 14.5 Å². The molecule has 0 atom stereocenters. The van der Waals surface area contributed by atoms with E-state index in [2.05, 4.69) is 11.4 Å². The van der Waals surface area contributed by atoms with Crippen molar-refractivity contribution in [1.82, 2.24) is 15.1 Å². The minimum absolute atomic E-state index is 0.354. The summed E-state index contributed by atoms with van der Waals surface area (Å²) in [4.78, 5) is 15.4. The smallest absolute Gasteiger partial charge is 0.410 e. The van der Waals surface area contributed by atoms with Crippen molar-refractivity contribution in [3.63, 3.8) is 0 Å². The highest BCUT2D eigenvalue weighted by molar-refractivity contribution is 5.70. The summed E-state index contributed by atoms with van der Waals surface area (Å²) in [6, 6.07) is 2.26. The highest BCUT2D eigenvalue weighted by atomic mass is 16.6. The largest absolute Gasteiger partial charge is 0.444 e. The Morgan fingerprint density at radius 2 is 2.05 bits per heavy atom. The van der Waals surface area contributed by atoms with Gasteiger partial charge in [0.25, 0.3) is 0 Å². The third kappa shape index (κ3) is 4.69. The Morgan fingerprint density at radius 1 is 1.47 bits per heavy atom. The first kappa shape index (κ1) is 15.7. The monoisotopic (exact) mass is 268 g/mol. The lowest BCUT2D eigenvalue weighted by molar-refractivity contribution is -0.00501. The molecule has 1 aliphatic heterocycles. The molecule has 0 spiro atoms. The normalized spacial score (nSPS) is 17.8. The van der Waals surface area contributed by atoms with E-state index in [1.165, 1.54) is 0 Å². The number of hydrogen-bond acceptors (Lipinski definition) is 5. The summed E-state index contributed by atoms with van der Waals surface area (Å²) < 4.78 is 5.26. The van der Waals surface area contributed by atoms with Gasteiger partial charge in [0.2, 0.25) is 0 Å². The van der Waals surface area contributed by atoms with Crippen LogP contribution in [0.2, 0.25) is 0 Å². The summed E-state index contributed by atoms with van der Waals surface area (Å²) in [5.41, 5.74) is -1.12. The average molecular weight is 268 g/mol. The Kier molecular flexibility index (Phi) is 4.77. The zero-order chi connectivity index (χ0) is 14.7. The van der Waals surface area contributed by atoms with Crippen molar-refractivity contribution in [3.8, 4) is 6.07 Å². The molecule has 1 aliphatic rings. The van der Waals surface area contributed by atoms with Crippen molar-refractivity contribution in [1.29, 1.82) is 5.26 Å². The number of likely N-dealkylation sites (tertiary alicyclic amines) is 1. The summed E-state index contributed by atoms with van der Waals surface area (Å²) in [6.07, 6.45) is -0.354. The zero-order valence-corrected chi connectivity index (χ0v) is 12.5. The third-order valence-electron chi connectivity index (χ3n) is 2.81. The second-order valence-electron chi connectivity index (χ2n) is 6.26. The Hall–Kier alpha value is -1.32. The Labute approximate surface area is 115 Å². The molecule has 1 saturated heterocycles. The number of hydrogen-bond donors (Lipinski definition) is 1. The number of nitrogens with one attached hydrogen (secondary N) is 1. The number of ether oxygens (including phenoxy) is 1. The molecule has 1 N–H and O–H groups in total. The molecule has 0 bridgehead atoms. The number of likely N-dealkylation sites (N-methyl/N-ethyl adjacent to an activating group) is 1. The van der Waals surface area contributed by atoms with Crippen molar-refractivity contribution >= 4 is 6.09 Å². The Bertz CT molecular complexity index is 362. The fourth-order valence-corrected chi connectivity index (χ4v) is 1.80. The van der Waals surface area contributed by atoms with Gasteiger partial charge >= 0.3 is 6.09 Å². The van der Waals surface area contributed by atoms with E-state index in [0.717, 1.165) is 13.1 Å². The van der Waals surface area contributed by atoms with Gasteiger partial charge in [0.05, 0.1) is 19.2 Å². The lowest BCUT2D eigenvalue weighted by atomic mass is 9.92. The first-order valence-corrected chi connectivity index (χ1v) is 6.46. The first-order chi connectivity index (χ1) is 8.67. The van der Waals surface area contributed by atoms with Gasteiger partial charge in [-0.3, -0.25) is 5.32 Å². The predicted octanol–water partition coefficient (Wildman–Crippen LogP) is 0.651. The van der Waals surface area contributed by atoms with Gasteiger partial charge in [-0.25, -0.2) is 4.79 Å². The molecule has 0 unspecified atom stereocenters. The van der Waals surface area contributed by atoms with E-state index in [4.69, 9.17) is 4.74 Å². The number of carbonyl (C=O) groups excluding carboxylic acids is 1. The molecular formula is C13H24N4O2. The number of nitrogens with zero attached hydrogens (tertiary/aromatic N) is 3. The van der Waals surface area contributed by atoms with Gasteiger partial charge in [0.15, 0.2) is 0 Å². The summed E-state index contributed by atoms with van der Waals surface area (Å²) in [7, 11) is 3.96. The number of amides is 1. The minimum Gasteiger partial charge on any atom is -0.444 e. The maximum Gasteiger partial charge on any atom is 0.410 e. The molecule has 0 saturated carbocycles. The van der Waals surface area contributed by atoms with Crippen molar-refractivity contribution in [3.05, 3.63) is 0 Å². The molecule has 0 aromatic rings. The van der Waals surface area contributed by atoms with Crippen LogP contribution in [0.25, 0.3) is 0 Å². The fourth-order valence-electron chi connectivity index (χ4n) is 1.80. The van der Waals surface area contributed by atoms with Crippen LogP contribution in [0.4, 0.5) is 4.79 Å². The quantitative estimate of drug-likeness (QED) is 0.811. The third-order valence-corrected chi connectivity index (χ3v) is 2.81. The second-order valence-corrected chi connectivity index (χ2v) is 6.26. The van der Waals surface area contributed by atoms with E-state index in [-0.39, 0.29) is 6.09 Å². The highest BCUT2D eigenvalue weighted by Crippen LogP contribution is 2.22. The molecule has 0 aliphatic carbocycles. The van der Waals surface area contributed by atoms with Crippen LogP contribution in [-0.4, -0.2) is 67.3 Å². The Balaban J connectivity index is 2.40. The van der Waals surface area contributed by atoms with Crippen LogP contribution in [0.3, 0.4) is 0 Å². The van der Waals surface area contributed by atoms with Gasteiger partial charge in [-0.05, 0) is 34.9 Å². The molecule has 1 rings (SSSR count). The van der Waals surface area contributed by atoms with E-state index in [1.807, 2.05) is 39.8 Å². The van der Waals surface area contributed by atoms with Crippen LogP contribution in [0.1, 0.15) is 20.8 Å². The fraction of sp³-hybridized carbons (Fsp3) is 0.846. The van der Waals surface area contributed by atoms with E-state index in [9.17, 15) is 10.1 Å². The summed E-state index contributed by atoms with van der Waals surface area (Å²) in [5, 5.41) is 12.4. The van der Waals surface area contributed by atoms with E-state index in [1.54, 1.807) is 4.90 Å². The van der Waals surface area contributed by atoms with Crippen molar-refractivity contribution < 1.29 is 9.53 Å². The topological polar surface area (TPSA) is 68.6 Å². The van der Waals surface area contributed by atoms with Gasteiger partial charge in [-0.15, -0.1) is 0 Å². The average Bonchev–Trinajstić information content (AvgIpc) is 2.18. The molecule has 1 amide bonds. The van der Waals surface area contributed by atoms with Crippen LogP contribution in [-0.2, 0) is 4.74 Å². The van der Waals surface area contributed by atoms with Gasteiger partial charge in [-0.1, -0.05) is 0 Å². The van der Waals surface area contributed by atoms with E-state index in [0.29, 0.717) is 13.1 Å². The number of nitriles is 1. The van der Waals surface area contributed by atoms with Crippen LogP contribution in [0, 0.1) is 11.3 Å². The van der Waals surface area contributed by atoms with Crippen molar-refractivity contribution in [2.24, 2.45) is 0 Å². The van der Waals surface area contributed by atoms with Gasteiger partial charge in [-0.2, -0.15) is 5.26 Å². The minimum atomic E-state index is -0.618. The van der Waals surface area contributed by atoms with E-state index < -0.39 is 11.1 Å². The number of rotatable bonds is 4. The second kappa shape index (κ2) is 5.76. The molecular weight excluding hydrogens is 244 g/mol. The molecule has 1 fully saturated rings. The Morgan fingerprint density at radius 3 is 2.47 bits per heavy atom. The van der Waals surface area contributed by atoms with Gasteiger partial charge in [0, 0.05) is 13.1 Å². The molecule has 0 radical (unpaired) electrons. The molecule has 108 valence electrons. The molecule has 6 heteroatoms. The molecule has 1 heterocycles. The summed E-state index contributed by atoms with van der Waals surface area (Å²) in [6.45, 7) is 7.84. The van der Waals surface area contributed by atoms with Crippen LogP contribution >= 0.6 is 0 Å². The van der Waals surface area contributed by atoms with Crippen molar-refractivity contribution in [2.45, 2.75) is 31.9 Å². The van der Waals surface area contributed by atoms with Gasteiger partial charge in [0.1, 0.15) is 11.1 Å². The summed E-state index contributed by atoms with van der Waals surface area (Å²) >= 11 is 0. The maximum absolute atomic E-state index is 11.8. The first-order valence-electron chi connectivity index (χ1n) is 6.46. The standard InChI is InChI=1S/C13H24N4O2/c1-12(2,3)19-11(18)17-9-13(8-14,10-17)15-6-7-16(4)5/h15H,6-7,9-10H2,1-5H3. The van der Waals surface area contributed by atoms with E-state index >= 15 is 0 Å². The lowest BCUT2D eigenvalue weighted by Crippen LogP contribution is -2.70. The molecule has 0 aromatic carbocycles. The molecule has 0 aromatic heterocycles. The number of carbonyl (C=O) groups is 1. The maximum atomic E-state index is 11.8. The van der Waals surface area contributed by atoms with Crippen molar-refractivity contribution in [2.75, 3.05) is 40.3 Å². The zero-order valence-electron chi connectivity index (χ0n) is 12.5. The summed E-state index contributed by atoms with van der Waals surface area (Å²) in [5.74, 6) is 0.